The van der Waals surface area contributed by atoms with E-state index in [0.717, 1.165) is 25.0 Å². The second kappa shape index (κ2) is 7.09. The van der Waals surface area contributed by atoms with Crippen LogP contribution in [0.2, 0.25) is 0 Å². The van der Waals surface area contributed by atoms with Crippen LogP contribution in [0.3, 0.4) is 0 Å². The van der Waals surface area contributed by atoms with E-state index in [9.17, 15) is 5.11 Å². The van der Waals surface area contributed by atoms with Crippen LogP contribution in [0.15, 0.2) is 24.3 Å². The van der Waals surface area contributed by atoms with Crippen LogP contribution < -0.4 is 10.1 Å². The van der Waals surface area contributed by atoms with E-state index in [4.69, 9.17) is 4.74 Å². The van der Waals surface area contributed by atoms with Gasteiger partial charge in [-0.05, 0) is 51.2 Å². The van der Waals surface area contributed by atoms with E-state index in [-0.39, 0.29) is 12.1 Å². The highest BCUT2D eigenvalue weighted by molar-refractivity contribution is 5.26. The Kier molecular flexibility index (Phi) is 5.44. The summed E-state index contributed by atoms with van der Waals surface area (Å²) in [5.41, 5.74) is 1.13. The zero-order valence-electron chi connectivity index (χ0n) is 12.7. The molecule has 1 fully saturated rings. The number of ether oxygens (including phenoxy) is 1. The van der Waals surface area contributed by atoms with Gasteiger partial charge in [-0.25, -0.2) is 0 Å². The lowest BCUT2D eigenvalue weighted by atomic mass is 9.91. The molecule has 1 aromatic carbocycles. The van der Waals surface area contributed by atoms with Crippen molar-refractivity contribution in [3.8, 4) is 5.75 Å². The standard InChI is InChI=1S/C17H27NO2/c1-3-17(13-19,18-15-7-8-15)11-4-12-20-16-9-5-14(2)6-10-16/h5-6,9-10,15,18-19H,3-4,7-8,11-13H2,1-2H3. The molecule has 0 spiro atoms. The van der Waals surface area contributed by atoms with E-state index in [1.165, 1.54) is 18.4 Å². The van der Waals surface area contributed by atoms with E-state index in [1.807, 2.05) is 12.1 Å². The smallest absolute Gasteiger partial charge is 0.119 e. The average molecular weight is 277 g/mol. The normalized spacial score (nSPS) is 17.8. The van der Waals surface area contributed by atoms with Crippen molar-refractivity contribution in [3.05, 3.63) is 29.8 Å². The maximum atomic E-state index is 9.70. The Morgan fingerprint density at radius 2 is 2.00 bits per heavy atom. The van der Waals surface area contributed by atoms with Crippen molar-refractivity contribution in [2.75, 3.05) is 13.2 Å². The lowest BCUT2D eigenvalue weighted by Gasteiger charge is -2.32. The van der Waals surface area contributed by atoms with Crippen LogP contribution in [-0.2, 0) is 0 Å². The molecule has 20 heavy (non-hydrogen) atoms. The molecule has 0 heterocycles. The molecule has 1 unspecified atom stereocenters. The molecule has 0 saturated heterocycles. The maximum Gasteiger partial charge on any atom is 0.119 e. The molecule has 2 N–H and O–H groups in total. The lowest BCUT2D eigenvalue weighted by Crippen LogP contribution is -2.49. The molecule has 0 radical (unpaired) electrons. The third-order valence-corrected chi connectivity index (χ3v) is 4.16. The summed E-state index contributed by atoms with van der Waals surface area (Å²) in [5.74, 6) is 0.928. The highest BCUT2D eigenvalue weighted by Gasteiger charge is 2.33. The second-order valence-corrected chi connectivity index (χ2v) is 5.98. The molecule has 3 nitrogen and oxygen atoms in total. The Labute approximate surface area is 122 Å². The molecular formula is C17H27NO2. The molecule has 112 valence electrons. The predicted molar refractivity (Wildman–Crippen MR) is 82.2 cm³/mol. The minimum Gasteiger partial charge on any atom is -0.494 e. The molecule has 3 heteroatoms. The Hall–Kier alpha value is -1.06. The third kappa shape index (κ3) is 4.50. The SMILES string of the molecule is CCC(CO)(CCCOc1ccc(C)cc1)NC1CC1. The van der Waals surface area contributed by atoms with Crippen LogP contribution in [-0.4, -0.2) is 29.9 Å². The number of hydrogen-bond donors (Lipinski definition) is 2. The van der Waals surface area contributed by atoms with E-state index in [1.54, 1.807) is 0 Å². The summed E-state index contributed by atoms with van der Waals surface area (Å²) in [5, 5.41) is 13.3. The zero-order chi connectivity index (χ0) is 14.4. The summed E-state index contributed by atoms with van der Waals surface area (Å²) >= 11 is 0. The summed E-state index contributed by atoms with van der Waals surface area (Å²) in [6.07, 6.45) is 5.39. The molecule has 0 aliphatic heterocycles. The largest absolute Gasteiger partial charge is 0.494 e. The number of hydrogen-bond acceptors (Lipinski definition) is 3. The van der Waals surface area contributed by atoms with E-state index < -0.39 is 0 Å². The molecular weight excluding hydrogens is 250 g/mol. The fourth-order valence-electron chi connectivity index (χ4n) is 2.48. The van der Waals surface area contributed by atoms with Crippen molar-refractivity contribution < 1.29 is 9.84 Å². The van der Waals surface area contributed by atoms with Crippen LogP contribution in [0.4, 0.5) is 0 Å². The summed E-state index contributed by atoms with van der Waals surface area (Å²) in [6.45, 7) is 5.14. The summed E-state index contributed by atoms with van der Waals surface area (Å²) < 4.78 is 5.76. The zero-order valence-corrected chi connectivity index (χ0v) is 12.7. The molecule has 0 amide bonds. The number of nitrogens with one attached hydrogen (secondary N) is 1. The van der Waals surface area contributed by atoms with Gasteiger partial charge in [0, 0.05) is 11.6 Å². The Morgan fingerprint density at radius 3 is 2.55 bits per heavy atom. The van der Waals surface area contributed by atoms with Gasteiger partial charge in [-0.2, -0.15) is 0 Å². The minimum atomic E-state index is -0.113. The third-order valence-electron chi connectivity index (χ3n) is 4.16. The number of aryl methyl sites for hydroxylation is 1. The Bertz CT molecular complexity index is 394. The highest BCUT2D eigenvalue weighted by atomic mass is 16.5. The first-order valence-corrected chi connectivity index (χ1v) is 7.75. The maximum absolute atomic E-state index is 9.70. The fourth-order valence-corrected chi connectivity index (χ4v) is 2.48. The van der Waals surface area contributed by atoms with E-state index in [0.29, 0.717) is 12.6 Å². The van der Waals surface area contributed by atoms with Crippen LogP contribution in [0.5, 0.6) is 5.75 Å². The van der Waals surface area contributed by atoms with Crippen LogP contribution >= 0.6 is 0 Å². The predicted octanol–water partition coefficient (Wildman–Crippen LogP) is 3.05. The average Bonchev–Trinajstić information content (AvgIpc) is 3.28. The van der Waals surface area contributed by atoms with Crippen molar-refractivity contribution >= 4 is 0 Å². The van der Waals surface area contributed by atoms with Gasteiger partial charge in [-0.15, -0.1) is 0 Å². The van der Waals surface area contributed by atoms with Crippen molar-refractivity contribution in [2.24, 2.45) is 0 Å². The first-order chi connectivity index (χ1) is 9.67. The number of aliphatic hydroxyl groups is 1. The molecule has 1 aliphatic rings. The second-order valence-electron chi connectivity index (χ2n) is 5.98. The lowest BCUT2D eigenvalue weighted by molar-refractivity contribution is 0.136. The van der Waals surface area contributed by atoms with Gasteiger partial charge in [0.05, 0.1) is 13.2 Å². The van der Waals surface area contributed by atoms with Gasteiger partial charge in [0.1, 0.15) is 5.75 Å². The van der Waals surface area contributed by atoms with Crippen molar-refractivity contribution in [1.82, 2.24) is 5.32 Å². The van der Waals surface area contributed by atoms with E-state index >= 15 is 0 Å². The number of aliphatic hydroxyl groups excluding tert-OH is 1. The quantitative estimate of drug-likeness (QED) is 0.682. The molecule has 1 aromatic rings. The van der Waals surface area contributed by atoms with E-state index in [2.05, 4.69) is 31.3 Å². The summed E-state index contributed by atoms with van der Waals surface area (Å²) in [7, 11) is 0. The highest BCUT2D eigenvalue weighted by Crippen LogP contribution is 2.26. The first kappa shape index (κ1) is 15.3. The summed E-state index contributed by atoms with van der Waals surface area (Å²) in [6, 6.07) is 8.77. The Balaban J connectivity index is 1.73. The van der Waals surface area contributed by atoms with Gasteiger partial charge in [0.25, 0.3) is 0 Å². The first-order valence-electron chi connectivity index (χ1n) is 7.75. The molecule has 2 rings (SSSR count). The summed E-state index contributed by atoms with van der Waals surface area (Å²) in [4.78, 5) is 0. The molecule has 1 aliphatic carbocycles. The Morgan fingerprint density at radius 1 is 1.30 bits per heavy atom. The van der Waals surface area contributed by atoms with Gasteiger partial charge < -0.3 is 15.2 Å². The molecule has 1 atom stereocenters. The van der Waals surface area contributed by atoms with Crippen LogP contribution in [0, 0.1) is 6.92 Å². The van der Waals surface area contributed by atoms with Crippen molar-refractivity contribution in [2.45, 2.75) is 57.5 Å². The van der Waals surface area contributed by atoms with Crippen LogP contribution in [0.1, 0.15) is 44.6 Å². The van der Waals surface area contributed by atoms with Gasteiger partial charge in [-0.3, -0.25) is 0 Å². The number of rotatable bonds is 9. The number of benzene rings is 1. The van der Waals surface area contributed by atoms with Crippen molar-refractivity contribution in [1.29, 1.82) is 0 Å². The topological polar surface area (TPSA) is 41.5 Å². The van der Waals surface area contributed by atoms with Gasteiger partial charge in [0.15, 0.2) is 0 Å². The monoisotopic (exact) mass is 277 g/mol. The van der Waals surface area contributed by atoms with Crippen LogP contribution in [0.25, 0.3) is 0 Å². The van der Waals surface area contributed by atoms with Gasteiger partial charge in [-0.1, -0.05) is 24.6 Å². The molecule has 0 aromatic heterocycles. The minimum absolute atomic E-state index is 0.113. The molecule has 0 bridgehead atoms. The fraction of sp³-hybridized carbons (Fsp3) is 0.647. The molecule has 1 saturated carbocycles. The van der Waals surface area contributed by atoms with Crippen molar-refractivity contribution in [3.63, 3.8) is 0 Å². The van der Waals surface area contributed by atoms with Gasteiger partial charge in [0.2, 0.25) is 0 Å². The van der Waals surface area contributed by atoms with Gasteiger partial charge >= 0.3 is 0 Å².